The van der Waals surface area contributed by atoms with Crippen LogP contribution in [0.25, 0.3) is 0 Å². The normalized spacial score (nSPS) is 11.4. The van der Waals surface area contributed by atoms with Crippen LogP contribution in [0.4, 0.5) is 5.69 Å². The number of ether oxygens (including phenoxy) is 3. The Morgan fingerprint density at radius 1 is 0.962 bits per heavy atom. The van der Waals surface area contributed by atoms with Crippen LogP contribution in [-0.4, -0.2) is 29.7 Å². The molecule has 2 rings (SSSR count). The third-order valence-corrected chi connectivity index (χ3v) is 5.17. The average Bonchev–Trinajstić information content (AvgIpc) is 2.67. The second-order valence-electron chi connectivity index (χ2n) is 5.05. The maximum atomic E-state index is 12.6. The number of nitrogens with one attached hydrogen (secondary N) is 1. The highest BCUT2D eigenvalue weighted by Crippen LogP contribution is 2.27. The second-order valence-corrected chi connectivity index (χ2v) is 6.96. The summed E-state index contributed by atoms with van der Waals surface area (Å²) in [5, 5.41) is 12.1. The Kier molecular flexibility index (Phi) is 6.09. The van der Waals surface area contributed by atoms with E-state index in [2.05, 4.69) is 5.32 Å². The van der Waals surface area contributed by atoms with Crippen molar-refractivity contribution in [2.75, 3.05) is 26.6 Å². The fourth-order valence-electron chi connectivity index (χ4n) is 2.09. The molecule has 0 heterocycles. The van der Waals surface area contributed by atoms with Crippen LogP contribution in [0.2, 0.25) is 0 Å². The largest absolute Gasteiger partial charge is 0.497 e. The van der Waals surface area contributed by atoms with Crippen molar-refractivity contribution in [1.82, 2.24) is 0 Å². The predicted octanol–water partition coefficient (Wildman–Crippen LogP) is 2.96. The van der Waals surface area contributed by atoms with E-state index in [1.807, 2.05) is 0 Å². The summed E-state index contributed by atoms with van der Waals surface area (Å²) in [6.07, 6.45) is 1.13. The van der Waals surface area contributed by atoms with Crippen LogP contribution in [0.3, 0.4) is 0 Å². The van der Waals surface area contributed by atoms with Gasteiger partial charge in [0, 0.05) is 30.1 Å². The molecule has 0 saturated heterocycles. The molecule has 0 amide bonds. The van der Waals surface area contributed by atoms with Gasteiger partial charge in [-0.3, -0.25) is 0 Å². The molecule has 0 radical (unpaired) electrons. The number of nitriles is 1. The number of hydrogen-bond acceptors (Lipinski definition) is 7. The zero-order valence-electron chi connectivity index (χ0n) is 14.5. The van der Waals surface area contributed by atoms with Gasteiger partial charge in [0.2, 0.25) is 9.84 Å². The van der Waals surface area contributed by atoms with E-state index in [-0.39, 0.29) is 4.90 Å². The number of methoxy groups -OCH3 is 3. The SMILES string of the molecule is COc1ccc(S(=O)(=O)/C(C#N)=C/Nc2cc(OC)cc(OC)c2)cc1. The Morgan fingerprint density at radius 3 is 1.96 bits per heavy atom. The van der Waals surface area contributed by atoms with Crippen LogP contribution in [-0.2, 0) is 9.84 Å². The molecule has 0 aliphatic rings. The number of anilines is 1. The van der Waals surface area contributed by atoms with Crippen LogP contribution in [0.15, 0.2) is 58.5 Å². The number of allylic oxidation sites excluding steroid dienone is 1. The molecule has 1 N–H and O–H groups in total. The molecule has 7 nitrogen and oxygen atoms in total. The lowest BCUT2D eigenvalue weighted by atomic mass is 10.3. The van der Waals surface area contributed by atoms with Gasteiger partial charge in [-0.05, 0) is 24.3 Å². The number of sulfone groups is 1. The topological polar surface area (TPSA) is 97.7 Å². The van der Waals surface area contributed by atoms with Crippen molar-refractivity contribution in [1.29, 1.82) is 5.26 Å². The zero-order chi connectivity index (χ0) is 19.2. The highest BCUT2D eigenvalue weighted by atomic mass is 32.2. The summed E-state index contributed by atoms with van der Waals surface area (Å²) in [4.78, 5) is -0.430. The van der Waals surface area contributed by atoms with E-state index in [9.17, 15) is 13.7 Å². The van der Waals surface area contributed by atoms with E-state index in [1.54, 1.807) is 24.3 Å². The van der Waals surface area contributed by atoms with Crippen molar-refractivity contribution in [3.05, 3.63) is 53.6 Å². The number of hydrogen-bond donors (Lipinski definition) is 1. The van der Waals surface area contributed by atoms with Gasteiger partial charge < -0.3 is 19.5 Å². The first-order chi connectivity index (χ1) is 12.4. The van der Waals surface area contributed by atoms with Crippen LogP contribution in [0.5, 0.6) is 17.2 Å². The van der Waals surface area contributed by atoms with Gasteiger partial charge in [0.15, 0.2) is 4.91 Å². The van der Waals surface area contributed by atoms with Crippen molar-refractivity contribution in [2.24, 2.45) is 0 Å². The maximum Gasteiger partial charge on any atom is 0.218 e. The average molecular weight is 374 g/mol. The molecule has 0 spiro atoms. The first-order valence-corrected chi connectivity index (χ1v) is 8.92. The molecular weight excluding hydrogens is 356 g/mol. The van der Waals surface area contributed by atoms with Crippen molar-refractivity contribution in [2.45, 2.75) is 4.90 Å². The molecule has 2 aromatic carbocycles. The van der Waals surface area contributed by atoms with E-state index < -0.39 is 14.7 Å². The second kappa shape index (κ2) is 8.27. The highest BCUT2D eigenvalue weighted by molar-refractivity contribution is 7.95. The number of benzene rings is 2. The first-order valence-electron chi connectivity index (χ1n) is 7.43. The summed E-state index contributed by atoms with van der Waals surface area (Å²) in [5.74, 6) is 1.57. The minimum Gasteiger partial charge on any atom is -0.497 e. The van der Waals surface area contributed by atoms with Crippen molar-refractivity contribution >= 4 is 15.5 Å². The number of nitrogens with zero attached hydrogens (tertiary/aromatic N) is 1. The Balaban J connectivity index is 2.33. The molecular formula is C18H18N2O5S. The van der Waals surface area contributed by atoms with Gasteiger partial charge in [-0.25, -0.2) is 8.42 Å². The third-order valence-electron chi connectivity index (χ3n) is 3.49. The smallest absolute Gasteiger partial charge is 0.218 e. The minimum atomic E-state index is -3.96. The van der Waals surface area contributed by atoms with E-state index in [4.69, 9.17) is 14.2 Å². The van der Waals surface area contributed by atoms with E-state index in [0.29, 0.717) is 22.9 Å². The molecule has 136 valence electrons. The third kappa shape index (κ3) is 4.26. The summed E-state index contributed by atoms with van der Waals surface area (Å²) >= 11 is 0. The Bertz CT molecular complexity index is 922. The molecule has 0 atom stereocenters. The van der Waals surface area contributed by atoms with E-state index in [1.165, 1.54) is 45.6 Å². The fourth-order valence-corrected chi connectivity index (χ4v) is 3.17. The summed E-state index contributed by atoms with van der Waals surface area (Å²) in [6.45, 7) is 0. The van der Waals surface area contributed by atoms with Crippen molar-refractivity contribution < 1.29 is 22.6 Å². The van der Waals surface area contributed by atoms with Crippen LogP contribution >= 0.6 is 0 Å². The van der Waals surface area contributed by atoms with E-state index >= 15 is 0 Å². The van der Waals surface area contributed by atoms with E-state index in [0.717, 1.165) is 6.20 Å². The van der Waals surface area contributed by atoms with Gasteiger partial charge in [-0.15, -0.1) is 0 Å². The van der Waals surface area contributed by atoms with Crippen molar-refractivity contribution in [3.8, 4) is 23.3 Å². The van der Waals surface area contributed by atoms with Gasteiger partial charge in [0.25, 0.3) is 0 Å². The summed E-state index contributed by atoms with van der Waals surface area (Å²) in [6, 6.07) is 12.5. The van der Waals surface area contributed by atoms with Gasteiger partial charge in [-0.1, -0.05) is 0 Å². The maximum absolute atomic E-state index is 12.6. The molecule has 0 saturated carbocycles. The van der Waals surface area contributed by atoms with Crippen LogP contribution in [0, 0.1) is 11.3 Å². The lowest BCUT2D eigenvalue weighted by molar-refractivity contribution is 0.395. The molecule has 8 heteroatoms. The quantitative estimate of drug-likeness (QED) is 0.744. The zero-order valence-corrected chi connectivity index (χ0v) is 15.3. The molecule has 2 aromatic rings. The van der Waals surface area contributed by atoms with Crippen molar-refractivity contribution in [3.63, 3.8) is 0 Å². The summed E-state index contributed by atoms with van der Waals surface area (Å²) in [7, 11) is 0.531. The Hall–Kier alpha value is -3.18. The monoisotopic (exact) mass is 374 g/mol. The van der Waals surface area contributed by atoms with Crippen LogP contribution in [0.1, 0.15) is 0 Å². The number of rotatable bonds is 7. The van der Waals surface area contributed by atoms with Gasteiger partial charge >= 0.3 is 0 Å². The molecule has 0 aliphatic carbocycles. The minimum absolute atomic E-state index is 0.00359. The standard InChI is InChI=1S/C18H18N2O5S/c1-23-14-4-6-17(7-5-14)26(21,22)18(11-19)12-20-13-8-15(24-2)10-16(9-13)25-3/h4-10,12,20H,1-3H3/b18-12+. The fraction of sp³-hybridized carbons (Fsp3) is 0.167. The molecule has 26 heavy (non-hydrogen) atoms. The molecule has 0 bridgehead atoms. The lowest BCUT2D eigenvalue weighted by Crippen LogP contribution is -2.06. The molecule has 0 aromatic heterocycles. The highest BCUT2D eigenvalue weighted by Gasteiger charge is 2.21. The summed E-state index contributed by atoms with van der Waals surface area (Å²) < 4.78 is 40.5. The predicted molar refractivity (Wildman–Crippen MR) is 97.0 cm³/mol. The van der Waals surface area contributed by atoms with Gasteiger partial charge in [0.1, 0.15) is 23.3 Å². The molecule has 0 fully saturated rings. The Labute approximate surface area is 152 Å². The first kappa shape index (κ1) is 19.1. The molecule has 0 unspecified atom stereocenters. The lowest BCUT2D eigenvalue weighted by Gasteiger charge is -2.09. The summed E-state index contributed by atoms with van der Waals surface area (Å²) in [5.41, 5.74) is 0.513. The van der Waals surface area contributed by atoms with Crippen LogP contribution < -0.4 is 19.5 Å². The Morgan fingerprint density at radius 2 is 1.50 bits per heavy atom. The van der Waals surface area contributed by atoms with Gasteiger partial charge in [-0.2, -0.15) is 5.26 Å². The van der Waals surface area contributed by atoms with Gasteiger partial charge in [0.05, 0.1) is 26.2 Å². The molecule has 0 aliphatic heterocycles.